The van der Waals surface area contributed by atoms with Crippen molar-refractivity contribution in [2.24, 2.45) is 16.2 Å². The third-order valence-electron chi connectivity index (χ3n) is 7.31. The van der Waals surface area contributed by atoms with Crippen molar-refractivity contribution in [3.8, 4) is 11.5 Å². The van der Waals surface area contributed by atoms with Crippen LogP contribution >= 0.6 is 0 Å². The standard InChI is InChI=1S/C34H32F6N2O8S2/c1-22-5-16-29(17-6-22)51(43,44)49-41-31(33(35,36)37)25-8-12-27(13-9-25)47-19-4-20-48-28-14-10-26(11-15-28)32(34(38,39)40)42-50-52(45,46)30-18-7-23(2)21-24(30)3/h5-18,21,24,30H,4,19-20H2,1-3H3/b41-31-,42-32-. The molecular formula is C34H32F6N2O8S2. The van der Waals surface area contributed by atoms with Crippen LogP contribution in [0.15, 0.2) is 112 Å². The fourth-order valence-electron chi connectivity index (χ4n) is 4.71. The third kappa shape index (κ3) is 10.8. The first-order valence-corrected chi connectivity index (χ1v) is 18.2. The van der Waals surface area contributed by atoms with Crippen LogP contribution in [0.4, 0.5) is 26.3 Å². The number of hydrogen-bond acceptors (Lipinski definition) is 10. The van der Waals surface area contributed by atoms with Gasteiger partial charge in [0.1, 0.15) is 21.6 Å². The van der Waals surface area contributed by atoms with E-state index in [1.54, 1.807) is 26.8 Å². The number of aryl methyl sites for hydroxylation is 1. The predicted molar refractivity (Wildman–Crippen MR) is 179 cm³/mol. The zero-order valence-electron chi connectivity index (χ0n) is 27.7. The lowest BCUT2D eigenvalue weighted by molar-refractivity contribution is -0.0606. The molecule has 2 atom stereocenters. The van der Waals surface area contributed by atoms with E-state index in [-0.39, 0.29) is 36.0 Å². The summed E-state index contributed by atoms with van der Waals surface area (Å²) in [7, 11) is -9.14. The third-order valence-corrected chi connectivity index (χ3v) is 9.97. The zero-order chi connectivity index (χ0) is 38.3. The highest BCUT2D eigenvalue weighted by Gasteiger charge is 2.40. The Balaban J connectivity index is 1.30. The summed E-state index contributed by atoms with van der Waals surface area (Å²) >= 11 is 0. The molecule has 0 bridgehead atoms. The van der Waals surface area contributed by atoms with E-state index in [0.29, 0.717) is 0 Å². The lowest BCUT2D eigenvalue weighted by Gasteiger charge is -2.20. The Bertz CT molecular complexity index is 2040. The number of rotatable bonds is 14. The second kappa shape index (κ2) is 16.2. The van der Waals surface area contributed by atoms with Crippen molar-refractivity contribution in [3.63, 3.8) is 0 Å². The minimum absolute atomic E-state index is 0.0381. The van der Waals surface area contributed by atoms with Crippen molar-refractivity contribution in [3.05, 3.63) is 113 Å². The monoisotopic (exact) mass is 774 g/mol. The molecule has 0 aromatic heterocycles. The average Bonchev–Trinajstić information content (AvgIpc) is 3.05. The maximum Gasteiger partial charge on any atom is 0.437 e. The Hall–Kier alpha value is -4.84. The van der Waals surface area contributed by atoms with Crippen molar-refractivity contribution in [2.45, 2.75) is 49.7 Å². The summed E-state index contributed by atoms with van der Waals surface area (Å²) in [5, 5.41) is 4.65. The van der Waals surface area contributed by atoms with Gasteiger partial charge in [-0.2, -0.15) is 43.2 Å². The highest BCUT2D eigenvalue weighted by molar-refractivity contribution is 7.87. The van der Waals surface area contributed by atoms with Crippen molar-refractivity contribution < 1.29 is 61.2 Å². The lowest BCUT2D eigenvalue weighted by atomic mass is 9.98. The van der Waals surface area contributed by atoms with Crippen LogP contribution in [-0.4, -0.2) is 59.1 Å². The van der Waals surface area contributed by atoms with Crippen LogP contribution in [-0.2, 0) is 28.8 Å². The smallest absolute Gasteiger partial charge is 0.437 e. The van der Waals surface area contributed by atoms with Gasteiger partial charge in [-0.1, -0.05) is 58.7 Å². The van der Waals surface area contributed by atoms with Crippen molar-refractivity contribution in [2.75, 3.05) is 13.2 Å². The van der Waals surface area contributed by atoms with Gasteiger partial charge in [0.2, 0.25) is 0 Å². The van der Waals surface area contributed by atoms with Crippen molar-refractivity contribution in [1.29, 1.82) is 0 Å². The number of nitrogens with zero attached hydrogens (tertiary/aromatic N) is 2. The van der Waals surface area contributed by atoms with E-state index < -0.39 is 66.3 Å². The van der Waals surface area contributed by atoms with E-state index in [1.165, 1.54) is 60.7 Å². The van der Waals surface area contributed by atoms with Crippen molar-refractivity contribution in [1.82, 2.24) is 0 Å². The van der Waals surface area contributed by atoms with Gasteiger partial charge in [0, 0.05) is 17.5 Å². The largest absolute Gasteiger partial charge is 0.493 e. The maximum absolute atomic E-state index is 13.8. The van der Waals surface area contributed by atoms with E-state index in [9.17, 15) is 43.2 Å². The van der Waals surface area contributed by atoms with Gasteiger partial charge in [-0.05, 0) is 80.4 Å². The average molecular weight is 775 g/mol. The van der Waals surface area contributed by atoms with E-state index in [0.717, 1.165) is 35.4 Å². The Morgan fingerprint density at radius 3 is 1.60 bits per heavy atom. The first-order valence-electron chi connectivity index (χ1n) is 15.3. The summed E-state index contributed by atoms with van der Waals surface area (Å²) in [6.07, 6.45) is -5.34. The molecule has 0 amide bonds. The fraction of sp³-hybridized carbons (Fsp3) is 0.294. The van der Waals surface area contributed by atoms with Gasteiger partial charge in [0.25, 0.3) is 0 Å². The van der Waals surface area contributed by atoms with E-state index >= 15 is 0 Å². The molecule has 0 saturated carbocycles. The molecule has 10 nitrogen and oxygen atoms in total. The topological polar surface area (TPSA) is 130 Å². The lowest BCUT2D eigenvalue weighted by Crippen LogP contribution is -2.30. The summed E-state index contributed by atoms with van der Waals surface area (Å²) in [6.45, 7) is 5.12. The minimum Gasteiger partial charge on any atom is -0.493 e. The van der Waals surface area contributed by atoms with E-state index in [1.807, 2.05) is 0 Å². The van der Waals surface area contributed by atoms with Crippen LogP contribution in [0.5, 0.6) is 11.5 Å². The predicted octanol–water partition coefficient (Wildman–Crippen LogP) is 7.65. The number of oxime groups is 2. The zero-order valence-corrected chi connectivity index (χ0v) is 29.3. The van der Waals surface area contributed by atoms with Gasteiger partial charge >= 0.3 is 32.6 Å². The van der Waals surface area contributed by atoms with Gasteiger partial charge < -0.3 is 9.47 Å². The first kappa shape index (κ1) is 39.9. The molecule has 0 fully saturated rings. The van der Waals surface area contributed by atoms with Gasteiger partial charge in [-0.3, -0.25) is 8.57 Å². The first-order chi connectivity index (χ1) is 24.3. The number of hydrogen-bond donors (Lipinski definition) is 0. The van der Waals surface area contributed by atoms with Crippen LogP contribution < -0.4 is 9.47 Å². The summed E-state index contributed by atoms with van der Waals surface area (Å²) in [5.74, 6) is -0.192. The highest BCUT2D eigenvalue weighted by atomic mass is 32.2. The number of alkyl halides is 6. The van der Waals surface area contributed by atoms with E-state index in [4.69, 9.17) is 9.47 Å². The van der Waals surface area contributed by atoms with Crippen LogP contribution in [0.1, 0.15) is 37.0 Å². The molecule has 0 N–H and O–H groups in total. The van der Waals surface area contributed by atoms with Gasteiger partial charge in [0.15, 0.2) is 11.4 Å². The Morgan fingerprint density at radius 1 is 0.692 bits per heavy atom. The summed E-state index contributed by atoms with van der Waals surface area (Å²) in [6, 6.07) is 14.2. The maximum atomic E-state index is 13.8. The molecule has 0 heterocycles. The molecule has 1 aliphatic carbocycles. The normalized spacial score (nSPS) is 17.4. The van der Waals surface area contributed by atoms with E-state index in [2.05, 4.69) is 18.9 Å². The minimum atomic E-state index is -5.06. The van der Waals surface area contributed by atoms with Gasteiger partial charge in [-0.15, -0.1) is 0 Å². The second-order valence-electron chi connectivity index (χ2n) is 11.5. The molecule has 52 heavy (non-hydrogen) atoms. The Labute approximate surface area is 296 Å². The summed E-state index contributed by atoms with van der Waals surface area (Å²) in [4.78, 5) is -0.371. The Kier molecular flexibility index (Phi) is 12.5. The van der Waals surface area contributed by atoms with Crippen LogP contribution in [0, 0.1) is 12.8 Å². The highest BCUT2D eigenvalue weighted by Crippen LogP contribution is 2.29. The van der Waals surface area contributed by atoms with Gasteiger partial charge in [0.05, 0.1) is 13.2 Å². The number of ether oxygens (including phenoxy) is 2. The van der Waals surface area contributed by atoms with Crippen LogP contribution in [0.25, 0.3) is 0 Å². The molecule has 0 radical (unpaired) electrons. The molecule has 0 spiro atoms. The second-order valence-corrected chi connectivity index (χ2v) is 14.7. The quantitative estimate of drug-likeness (QED) is 0.0707. The summed E-state index contributed by atoms with van der Waals surface area (Å²) in [5.41, 5.74) is -2.57. The number of allylic oxidation sites excluding steroid dienone is 3. The fourth-order valence-corrected chi connectivity index (χ4v) is 6.59. The molecule has 0 aliphatic heterocycles. The molecular weight excluding hydrogens is 743 g/mol. The molecule has 280 valence electrons. The SMILES string of the molecule is CC1=CC(C)C(S(=O)(=O)O/N=C(/c2ccc(OCCCOc3ccc(/C(=N/OS(=O)(=O)c4ccc(C)cc4)C(F)(F)F)cc3)cc2)C(F)(F)F)C=C1. The number of benzene rings is 3. The molecule has 0 saturated heterocycles. The van der Waals surface area contributed by atoms with Crippen LogP contribution in [0.2, 0.25) is 0 Å². The molecule has 18 heteroatoms. The van der Waals surface area contributed by atoms with Crippen LogP contribution in [0.3, 0.4) is 0 Å². The molecule has 4 rings (SSSR count). The summed E-state index contributed by atoms with van der Waals surface area (Å²) < 4.78 is 152. The van der Waals surface area contributed by atoms with Gasteiger partial charge in [-0.25, -0.2) is 0 Å². The molecule has 1 aliphatic rings. The van der Waals surface area contributed by atoms with Crippen molar-refractivity contribution >= 4 is 31.7 Å². The molecule has 3 aromatic rings. The Morgan fingerprint density at radius 2 is 1.15 bits per heavy atom. The number of halogens is 6. The molecule has 3 aromatic carbocycles. The molecule has 2 unspecified atom stereocenters.